The molecule has 0 aliphatic heterocycles. The second kappa shape index (κ2) is 4.77. The zero-order chi connectivity index (χ0) is 12.5. The maximum Gasteiger partial charge on any atom is 0.126 e. The van der Waals surface area contributed by atoms with Crippen LogP contribution in [0.3, 0.4) is 0 Å². The Morgan fingerprint density at radius 1 is 1.47 bits per heavy atom. The number of halogens is 1. The van der Waals surface area contributed by atoms with Crippen LogP contribution in [0.4, 0.5) is 4.39 Å². The highest BCUT2D eigenvalue weighted by Crippen LogP contribution is 2.41. The molecule has 0 radical (unpaired) electrons. The van der Waals surface area contributed by atoms with Gasteiger partial charge in [0.2, 0.25) is 0 Å². The average Bonchev–Trinajstić information content (AvgIpc) is 2.32. The quantitative estimate of drug-likeness (QED) is 0.825. The topological polar surface area (TPSA) is 20.2 Å². The predicted octanol–water partition coefficient (Wildman–Crippen LogP) is 3.92. The molecule has 1 aliphatic carbocycles. The van der Waals surface area contributed by atoms with Gasteiger partial charge in [0.25, 0.3) is 0 Å². The largest absolute Gasteiger partial charge is 0.385 e. The van der Waals surface area contributed by atoms with Crippen LogP contribution < -0.4 is 0 Å². The molecule has 1 aromatic carbocycles. The summed E-state index contributed by atoms with van der Waals surface area (Å²) in [5.41, 5.74) is 0.576. The van der Waals surface area contributed by atoms with Crippen molar-refractivity contribution in [3.8, 4) is 0 Å². The van der Waals surface area contributed by atoms with Gasteiger partial charge in [0.1, 0.15) is 5.82 Å². The van der Waals surface area contributed by atoms with Crippen molar-refractivity contribution >= 4 is 0 Å². The molecule has 2 rings (SSSR count). The minimum atomic E-state index is -0.812. The molecule has 1 saturated carbocycles. The SMILES string of the molecule is CCC1CCCC(O)(c2ccc(C)c(F)c2)C1. The molecular weight excluding hydrogens is 215 g/mol. The van der Waals surface area contributed by atoms with E-state index in [0.29, 0.717) is 11.5 Å². The lowest BCUT2D eigenvalue weighted by molar-refractivity contribution is -0.0219. The van der Waals surface area contributed by atoms with Crippen LogP contribution in [-0.2, 0) is 5.60 Å². The summed E-state index contributed by atoms with van der Waals surface area (Å²) in [5, 5.41) is 10.7. The molecule has 17 heavy (non-hydrogen) atoms. The number of benzene rings is 1. The lowest BCUT2D eigenvalue weighted by Gasteiger charge is -2.37. The summed E-state index contributed by atoms with van der Waals surface area (Å²) in [5.74, 6) is 0.354. The third-order valence-corrected chi connectivity index (χ3v) is 4.12. The van der Waals surface area contributed by atoms with E-state index in [1.807, 2.05) is 6.07 Å². The number of aryl methyl sites for hydroxylation is 1. The van der Waals surface area contributed by atoms with Gasteiger partial charge in [0, 0.05) is 0 Å². The molecule has 1 fully saturated rings. The van der Waals surface area contributed by atoms with Crippen LogP contribution in [0.15, 0.2) is 18.2 Å². The van der Waals surface area contributed by atoms with Gasteiger partial charge in [0.15, 0.2) is 0 Å². The fourth-order valence-electron chi connectivity index (χ4n) is 2.86. The minimum Gasteiger partial charge on any atom is -0.385 e. The molecule has 0 bridgehead atoms. The van der Waals surface area contributed by atoms with Crippen LogP contribution in [-0.4, -0.2) is 5.11 Å². The molecular formula is C15H21FO. The van der Waals surface area contributed by atoms with Crippen molar-refractivity contribution in [2.45, 2.75) is 51.6 Å². The molecule has 2 heteroatoms. The fraction of sp³-hybridized carbons (Fsp3) is 0.600. The Kier molecular flexibility index (Phi) is 3.53. The maximum absolute atomic E-state index is 13.6. The molecule has 1 nitrogen and oxygen atoms in total. The molecule has 1 aliphatic rings. The Hall–Kier alpha value is -0.890. The Bertz CT molecular complexity index is 402. The van der Waals surface area contributed by atoms with Crippen molar-refractivity contribution in [3.63, 3.8) is 0 Å². The highest BCUT2D eigenvalue weighted by Gasteiger charge is 2.35. The van der Waals surface area contributed by atoms with Gasteiger partial charge in [-0.25, -0.2) is 4.39 Å². The number of aliphatic hydroxyl groups is 1. The van der Waals surface area contributed by atoms with E-state index in [-0.39, 0.29) is 5.82 Å². The van der Waals surface area contributed by atoms with E-state index in [0.717, 1.165) is 31.2 Å². The Labute approximate surface area is 103 Å². The van der Waals surface area contributed by atoms with Gasteiger partial charge in [-0.05, 0) is 49.3 Å². The van der Waals surface area contributed by atoms with E-state index >= 15 is 0 Å². The Morgan fingerprint density at radius 2 is 2.24 bits per heavy atom. The van der Waals surface area contributed by atoms with Crippen molar-refractivity contribution in [1.82, 2.24) is 0 Å². The number of hydrogen-bond donors (Lipinski definition) is 1. The molecule has 0 spiro atoms. The van der Waals surface area contributed by atoms with E-state index in [2.05, 4.69) is 6.92 Å². The van der Waals surface area contributed by atoms with Crippen molar-refractivity contribution in [2.24, 2.45) is 5.92 Å². The fourth-order valence-corrected chi connectivity index (χ4v) is 2.86. The van der Waals surface area contributed by atoms with Crippen LogP contribution in [0.2, 0.25) is 0 Å². The summed E-state index contributed by atoms with van der Waals surface area (Å²) >= 11 is 0. The van der Waals surface area contributed by atoms with Gasteiger partial charge >= 0.3 is 0 Å². The van der Waals surface area contributed by atoms with E-state index in [9.17, 15) is 9.50 Å². The van der Waals surface area contributed by atoms with E-state index in [1.165, 1.54) is 12.5 Å². The van der Waals surface area contributed by atoms with Gasteiger partial charge in [-0.1, -0.05) is 31.9 Å². The summed E-state index contributed by atoms with van der Waals surface area (Å²) in [6.45, 7) is 3.91. The molecule has 94 valence electrons. The smallest absolute Gasteiger partial charge is 0.126 e. The molecule has 1 aromatic rings. The maximum atomic E-state index is 13.6. The normalized spacial score (nSPS) is 29.3. The van der Waals surface area contributed by atoms with E-state index in [4.69, 9.17) is 0 Å². The predicted molar refractivity (Wildman–Crippen MR) is 67.3 cm³/mol. The van der Waals surface area contributed by atoms with Gasteiger partial charge < -0.3 is 5.11 Å². The zero-order valence-corrected chi connectivity index (χ0v) is 10.7. The number of hydrogen-bond acceptors (Lipinski definition) is 1. The second-order valence-electron chi connectivity index (χ2n) is 5.37. The van der Waals surface area contributed by atoms with Crippen molar-refractivity contribution < 1.29 is 9.50 Å². The number of rotatable bonds is 2. The van der Waals surface area contributed by atoms with E-state index < -0.39 is 5.60 Å². The van der Waals surface area contributed by atoms with Crippen LogP contribution in [0.1, 0.15) is 50.2 Å². The first-order chi connectivity index (χ1) is 8.05. The third kappa shape index (κ3) is 2.52. The molecule has 0 heterocycles. The summed E-state index contributed by atoms with van der Waals surface area (Å²) < 4.78 is 13.6. The first-order valence-electron chi connectivity index (χ1n) is 6.54. The van der Waals surface area contributed by atoms with Crippen molar-refractivity contribution in [1.29, 1.82) is 0 Å². The lowest BCUT2D eigenvalue weighted by atomic mass is 9.73. The summed E-state index contributed by atoms with van der Waals surface area (Å²) in [6, 6.07) is 5.14. The van der Waals surface area contributed by atoms with Gasteiger partial charge in [-0.15, -0.1) is 0 Å². The standard InChI is InChI=1S/C15H21FO/c1-3-12-5-4-8-15(17,10-12)13-7-6-11(2)14(16)9-13/h6-7,9,12,17H,3-5,8,10H2,1-2H3. The minimum absolute atomic E-state index is 0.213. The summed E-state index contributed by atoms with van der Waals surface area (Å²) in [6.07, 6.45) is 4.84. The van der Waals surface area contributed by atoms with Crippen molar-refractivity contribution in [3.05, 3.63) is 35.1 Å². The Balaban J connectivity index is 2.27. The molecule has 0 aromatic heterocycles. The summed E-state index contributed by atoms with van der Waals surface area (Å²) in [4.78, 5) is 0. The van der Waals surface area contributed by atoms with E-state index in [1.54, 1.807) is 13.0 Å². The average molecular weight is 236 g/mol. The monoisotopic (exact) mass is 236 g/mol. The van der Waals surface area contributed by atoms with Crippen molar-refractivity contribution in [2.75, 3.05) is 0 Å². The van der Waals surface area contributed by atoms with Crippen LogP contribution in [0, 0.1) is 18.7 Å². The molecule has 2 unspecified atom stereocenters. The van der Waals surface area contributed by atoms with Gasteiger partial charge in [-0.2, -0.15) is 0 Å². The first-order valence-corrected chi connectivity index (χ1v) is 6.54. The highest BCUT2D eigenvalue weighted by atomic mass is 19.1. The van der Waals surface area contributed by atoms with Crippen LogP contribution in [0.5, 0.6) is 0 Å². The molecule has 2 atom stereocenters. The lowest BCUT2D eigenvalue weighted by Crippen LogP contribution is -2.32. The molecule has 0 saturated heterocycles. The zero-order valence-electron chi connectivity index (χ0n) is 10.7. The summed E-state index contributed by atoms with van der Waals surface area (Å²) in [7, 11) is 0. The van der Waals surface area contributed by atoms with Crippen LogP contribution in [0.25, 0.3) is 0 Å². The highest BCUT2D eigenvalue weighted by molar-refractivity contribution is 5.28. The first kappa shape index (κ1) is 12.6. The van der Waals surface area contributed by atoms with Crippen LogP contribution >= 0.6 is 0 Å². The Morgan fingerprint density at radius 3 is 2.88 bits per heavy atom. The van der Waals surface area contributed by atoms with Gasteiger partial charge in [0.05, 0.1) is 5.60 Å². The van der Waals surface area contributed by atoms with Gasteiger partial charge in [-0.3, -0.25) is 0 Å². The molecule has 0 amide bonds. The second-order valence-corrected chi connectivity index (χ2v) is 5.37. The third-order valence-electron chi connectivity index (χ3n) is 4.12. The molecule has 1 N–H and O–H groups in total.